The van der Waals surface area contributed by atoms with Gasteiger partial charge in [-0.15, -0.1) is 0 Å². The van der Waals surface area contributed by atoms with Gasteiger partial charge in [0.2, 0.25) is 15.9 Å². The quantitative estimate of drug-likeness (QED) is 0.743. The van der Waals surface area contributed by atoms with Crippen molar-refractivity contribution in [2.75, 3.05) is 24.2 Å². The largest absolute Gasteiger partial charge is 0.323 e. The molecule has 0 unspecified atom stereocenters. The zero-order chi connectivity index (χ0) is 18.9. The summed E-state index contributed by atoms with van der Waals surface area (Å²) in [4.78, 5) is 12.5. The van der Waals surface area contributed by atoms with Gasteiger partial charge in [-0.1, -0.05) is 25.7 Å². The Balaban J connectivity index is 1.40. The maximum atomic E-state index is 12.7. The van der Waals surface area contributed by atoms with E-state index >= 15 is 0 Å². The van der Waals surface area contributed by atoms with E-state index in [1.807, 2.05) is 0 Å². The zero-order valence-corrected chi connectivity index (χ0v) is 16.6. The Kier molecular flexibility index (Phi) is 5.55. The molecular weight excluding hydrogens is 364 g/mol. The average molecular weight is 395 g/mol. The van der Waals surface area contributed by atoms with Gasteiger partial charge in [-0.25, -0.2) is 12.7 Å². The summed E-state index contributed by atoms with van der Waals surface area (Å²) < 4.78 is 27.0. The lowest BCUT2D eigenvalue weighted by molar-refractivity contribution is -0.119. The van der Waals surface area contributed by atoms with Gasteiger partial charge >= 0.3 is 0 Å². The lowest BCUT2D eigenvalue weighted by Crippen LogP contribution is -2.40. The van der Waals surface area contributed by atoms with Crippen LogP contribution in [0.25, 0.3) is 0 Å². The van der Waals surface area contributed by atoms with Gasteiger partial charge in [-0.3, -0.25) is 9.89 Å². The minimum atomic E-state index is -3.20. The molecule has 2 heterocycles. The number of anilines is 1. The van der Waals surface area contributed by atoms with Gasteiger partial charge in [-0.2, -0.15) is 5.10 Å². The number of hydrogen-bond donors (Lipinski definition) is 2. The molecule has 3 aliphatic rings. The topological polar surface area (TPSA) is 95.2 Å². The number of amides is 1. The van der Waals surface area contributed by atoms with Gasteiger partial charge in [-0.05, 0) is 38.0 Å². The molecule has 8 heteroatoms. The Morgan fingerprint density at radius 1 is 1.19 bits per heavy atom. The number of carbonyl (C=O) groups excluding carboxylic acids is 1. The maximum absolute atomic E-state index is 12.7. The minimum absolute atomic E-state index is 0.0517. The predicted octanol–water partition coefficient (Wildman–Crippen LogP) is 2.85. The summed E-state index contributed by atoms with van der Waals surface area (Å²) in [6.07, 6.45) is 10.7. The fourth-order valence-corrected chi connectivity index (χ4v) is 6.12. The minimum Gasteiger partial charge on any atom is -0.323 e. The second kappa shape index (κ2) is 7.91. The van der Waals surface area contributed by atoms with Crippen LogP contribution < -0.4 is 5.32 Å². The van der Waals surface area contributed by atoms with Crippen LogP contribution in [-0.2, 0) is 14.8 Å². The summed E-state index contributed by atoms with van der Waals surface area (Å²) in [5.74, 6) is 1.10. The predicted molar refractivity (Wildman–Crippen MR) is 104 cm³/mol. The molecule has 0 aromatic carbocycles. The van der Waals surface area contributed by atoms with Gasteiger partial charge in [0.05, 0.1) is 23.3 Å². The fraction of sp³-hybridized carbons (Fsp3) is 0.789. The molecule has 1 aromatic heterocycles. The van der Waals surface area contributed by atoms with Crippen molar-refractivity contribution in [3.63, 3.8) is 0 Å². The van der Waals surface area contributed by atoms with Crippen LogP contribution in [0.1, 0.15) is 69.4 Å². The van der Waals surface area contributed by atoms with Crippen molar-refractivity contribution < 1.29 is 13.2 Å². The van der Waals surface area contributed by atoms with Crippen LogP contribution in [0.2, 0.25) is 0 Å². The molecule has 2 saturated carbocycles. The molecule has 7 nitrogen and oxygen atoms in total. The van der Waals surface area contributed by atoms with Crippen LogP contribution in [-0.4, -0.2) is 47.7 Å². The van der Waals surface area contributed by atoms with Crippen molar-refractivity contribution >= 4 is 21.6 Å². The number of nitrogens with one attached hydrogen (secondary N) is 2. The number of piperidine rings is 1. The van der Waals surface area contributed by atoms with Crippen LogP contribution in [0.3, 0.4) is 0 Å². The number of sulfonamides is 1. The number of H-pyrrole nitrogens is 1. The Hall–Kier alpha value is -1.41. The molecular formula is C19H30N4O3S. The summed E-state index contributed by atoms with van der Waals surface area (Å²) in [6.45, 7) is 1.07. The van der Waals surface area contributed by atoms with Crippen molar-refractivity contribution in [3.05, 3.63) is 11.9 Å². The van der Waals surface area contributed by atoms with Gasteiger partial charge in [0.1, 0.15) is 0 Å². The number of rotatable bonds is 7. The molecule has 1 amide bonds. The third kappa shape index (κ3) is 4.54. The Morgan fingerprint density at radius 2 is 1.96 bits per heavy atom. The van der Waals surface area contributed by atoms with Crippen molar-refractivity contribution in [1.82, 2.24) is 14.5 Å². The van der Waals surface area contributed by atoms with E-state index in [1.165, 1.54) is 12.8 Å². The molecule has 1 saturated heterocycles. The molecule has 1 atom stereocenters. The van der Waals surface area contributed by atoms with Crippen molar-refractivity contribution in [2.45, 2.75) is 63.7 Å². The molecule has 2 N–H and O–H groups in total. The van der Waals surface area contributed by atoms with E-state index in [-0.39, 0.29) is 23.5 Å². The Bertz CT molecular complexity index is 766. The van der Waals surface area contributed by atoms with E-state index in [9.17, 15) is 13.2 Å². The molecule has 0 spiro atoms. The Morgan fingerprint density at radius 3 is 2.70 bits per heavy atom. The van der Waals surface area contributed by atoms with E-state index in [1.54, 1.807) is 10.5 Å². The molecule has 1 aromatic rings. The molecule has 1 aliphatic heterocycles. The number of aromatic amines is 1. The molecule has 2 aliphatic carbocycles. The lowest BCUT2D eigenvalue weighted by atomic mass is 9.95. The average Bonchev–Trinajstić information content (AvgIpc) is 3.13. The van der Waals surface area contributed by atoms with Gasteiger partial charge < -0.3 is 5.32 Å². The van der Waals surface area contributed by atoms with Crippen molar-refractivity contribution in [3.8, 4) is 0 Å². The molecule has 4 rings (SSSR count). The maximum Gasteiger partial charge on any atom is 0.227 e. The molecule has 150 valence electrons. The Labute approximate surface area is 161 Å². The first kappa shape index (κ1) is 18.9. The van der Waals surface area contributed by atoms with E-state index < -0.39 is 10.0 Å². The molecule has 27 heavy (non-hydrogen) atoms. The van der Waals surface area contributed by atoms with Gasteiger partial charge in [0.15, 0.2) is 0 Å². The number of aromatic nitrogens is 2. The van der Waals surface area contributed by atoms with Gasteiger partial charge in [0, 0.05) is 24.9 Å². The van der Waals surface area contributed by atoms with E-state index in [2.05, 4.69) is 15.5 Å². The van der Waals surface area contributed by atoms with Crippen LogP contribution in [0.4, 0.5) is 5.69 Å². The third-order valence-corrected chi connectivity index (χ3v) is 8.19. The normalized spacial score (nSPS) is 25.0. The van der Waals surface area contributed by atoms with Crippen LogP contribution >= 0.6 is 0 Å². The van der Waals surface area contributed by atoms with E-state index in [4.69, 9.17) is 0 Å². The molecule has 0 radical (unpaired) electrons. The lowest BCUT2D eigenvalue weighted by Gasteiger charge is -2.32. The highest BCUT2D eigenvalue weighted by Gasteiger charge is 2.33. The zero-order valence-electron chi connectivity index (χ0n) is 15.8. The first-order chi connectivity index (χ1) is 13.0. The van der Waals surface area contributed by atoms with E-state index in [0.29, 0.717) is 24.7 Å². The molecule has 0 bridgehead atoms. The molecule has 3 fully saturated rings. The van der Waals surface area contributed by atoms with Crippen LogP contribution in [0.15, 0.2) is 6.20 Å². The number of nitrogens with zero attached hydrogens (tertiary/aromatic N) is 2. The SMILES string of the molecule is O=C(Nc1cn[nH]c1[C@@H]1CCCN(S(=O)(=O)CCC2CC2)C1)C1CCCC1. The van der Waals surface area contributed by atoms with Crippen LogP contribution in [0.5, 0.6) is 0 Å². The second-order valence-electron chi connectivity index (χ2n) is 8.41. The summed E-state index contributed by atoms with van der Waals surface area (Å²) in [6, 6.07) is 0. The standard InChI is InChI=1S/C19H30N4O3S/c24-19(15-4-1-2-5-15)21-17-12-20-22-18(17)16-6-3-10-23(13-16)27(25,26)11-9-14-7-8-14/h12,14-16H,1-11,13H2,(H,20,22)(H,21,24)/t16-/m1/s1. The van der Waals surface area contributed by atoms with E-state index in [0.717, 1.165) is 50.6 Å². The summed E-state index contributed by atoms with van der Waals surface area (Å²) in [5, 5.41) is 10.2. The first-order valence-corrected chi connectivity index (χ1v) is 12.0. The summed E-state index contributed by atoms with van der Waals surface area (Å²) >= 11 is 0. The highest BCUT2D eigenvalue weighted by molar-refractivity contribution is 7.89. The van der Waals surface area contributed by atoms with Crippen LogP contribution in [0, 0.1) is 11.8 Å². The fourth-order valence-electron chi connectivity index (χ4n) is 4.41. The monoisotopic (exact) mass is 394 g/mol. The summed E-state index contributed by atoms with van der Waals surface area (Å²) in [7, 11) is -3.20. The number of carbonyl (C=O) groups is 1. The highest BCUT2D eigenvalue weighted by atomic mass is 32.2. The second-order valence-corrected chi connectivity index (χ2v) is 10.5. The highest BCUT2D eigenvalue weighted by Crippen LogP contribution is 2.35. The third-order valence-electron chi connectivity index (χ3n) is 6.32. The van der Waals surface area contributed by atoms with Crippen molar-refractivity contribution in [2.24, 2.45) is 11.8 Å². The first-order valence-electron chi connectivity index (χ1n) is 10.3. The van der Waals surface area contributed by atoms with Gasteiger partial charge in [0.25, 0.3) is 0 Å². The number of hydrogen-bond acceptors (Lipinski definition) is 4. The smallest absolute Gasteiger partial charge is 0.227 e. The summed E-state index contributed by atoms with van der Waals surface area (Å²) in [5.41, 5.74) is 1.58. The van der Waals surface area contributed by atoms with Crippen molar-refractivity contribution in [1.29, 1.82) is 0 Å².